The van der Waals surface area contributed by atoms with Gasteiger partial charge in [0.1, 0.15) is 0 Å². The second-order valence-electron chi connectivity index (χ2n) is 4.00. The molecule has 0 radical (unpaired) electrons. The first-order valence-electron chi connectivity index (χ1n) is 5.45. The number of carbonyl (C=O) groups is 1. The third-order valence-corrected chi connectivity index (χ3v) is 2.51. The number of carboxylic acid groups (broad SMARTS) is 1. The predicted octanol–water partition coefficient (Wildman–Crippen LogP) is 0.705. The molecule has 0 unspecified atom stereocenters. The number of nitrogens with zero attached hydrogens (tertiary/aromatic N) is 3. The maximum atomic E-state index is 10.6. The third kappa shape index (κ3) is 2.75. The number of hydrogen-bond donors (Lipinski definition) is 2. The van der Waals surface area contributed by atoms with Gasteiger partial charge >= 0.3 is 5.97 Å². The predicted molar refractivity (Wildman–Crippen MR) is 62.0 cm³/mol. The fourth-order valence-corrected chi connectivity index (χ4v) is 1.64. The standard InChI is InChI=1S/C11H14N4O3/c1-7-8(6-15(2)13-7)4-12-5-9-3-10(11(16)17)14-18-9/h3,6,12H,4-5H2,1-2H3,(H,16,17). The molecule has 2 rings (SSSR count). The quantitative estimate of drug-likeness (QED) is 0.811. The van der Waals surface area contributed by atoms with Crippen LogP contribution < -0.4 is 5.32 Å². The molecule has 0 aromatic carbocycles. The highest BCUT2D eigenvalue weighted by Crippen LogP contribution is 2.06. The minimum Gasteiger partial charge on any atom is -0.476 e. The topological polar surface area (TPSA) is 93.2 Å². The molecule has 0 aliphatic carbocycles. The number of nitrogens with one attached hydrogen (secondary N) is 1. The van der Waals surface area contributed by atoms with Gasteiger partial charge in [-0.15, -0.1) is 0 Å². The molecule has 0 amide bonds. The molecular formula is C11H14N4O3. The van der Waals surface area contributed by atoms with Crippen molar-refractivity contribution < 1.29 is 14.4 Å². The number of carboxylic acids is 1. The van der Waals surface area contributed by atoms with Crippen molar-refractivity contribution in [1.82, 2.24) is 20.3 Å². The highest BCUT2D eigenvalue weighted by atomic mass is 16.5. The summed E-state index contributed by atoms with van der Waals surface area (Å²) >= 11 is 0. The zero-order valence-corrected chi connectivity index (χ0v) is 10.2. The lowest BCUT2D eigenvalue weighted by Crippen LogP contribution is -2.12. The molecule has 18 heavy (non-hydrogen) atoms. The smallest absolute Gasteiger partial charge is 0.358 e. The van der Waals surface area contributed by atoms with E-state index in [0.717, 1.165) is 11.3 Å². The van der Waals surface area contributed by atoms with Crippen LogP contribution in [0.1, 0.15) is 27.5 Å². The van der Waals surface area contributed by atoms with Crippen LogP contribution in [0.2, 0.25) is 0 Å². The SMILES string of the molecule is Cc1nn(C)cc1CNCc1cc(C(=O)O)no1. The van der Waals surface area contributed by atoms with Gasteiger partial charge in [0, 0.05) is 31.4 Å². The van der Waals surface area contributed by atoms with Crippen molar-refractivity contribution in [1.29, 1.82) is 0 Å². The molecule has 0 bridgehead atoms. The van der Waals surface area contributed by atoms with Crippen molar-refractivity contribution in [3.63, 3.8) is 0 Å². The molecule has 2 heterocycles. The largest absolute Gasteiger partial charge is 0.476 e. The van der Waals surface area contributed by atoms with Crippen molar-refractivity contribution in [2.75, 3.05) is 0 Å². The van der Waals surface area contributed by atoms with Crippen molar-refractivity contribution in [3.8, 4) is 0 Å². The Bertz CT molecular complexity index is 558. The van der Waals surface area contributed by atoms with Crippen molar-refractivity contribution in [2.45, 2.75) is 20.0 Å². The van der Waals surface area contributed by atoms with Crippen LogP contribution >= 0.6 is 0 Å². The summed E-state index contributed by atoms with van der Waals surface area (Å²) in [5.74, 6) is -0.595. The van der Waals surface area contributed by atoms with Crippen molar-refractivity contribution in [3.05, 3.63) is 35.0 Å². The molecule has 2 aromatic rings. The van der Waals surface area contributed by atoms with Gasteiger partial charge in [-0.05, 0) is 6.92 Å². The zero-order chi connectivity index (χ0) is 13.1. The fourth-order valence-electron chi connectivity index (χ4n) is 1.64. The maximum absolute atomic E-state index is 10.6. The molecule has 2 N–H and O–H groups in total. The van der Waals surface area contributed by atoms with Gasteiger partial charge in [0.25, 0.3) is 0 Å². The normalized spacial score (nSPS) is 10.8. The molecule has 0 atom stereocenters. The van der Waals surface area contributed by atoms with Crippen LogP contribution in [0.3, 0.4) is 0 Å². The van der Waals surface area contributed by atoms with Gasteiger partial charge in [0.2, 0.25) is 0 Å². The van der Waals surface area contributed by atoms with E-state index in [9.17, 15) is 4.79 Å². The summed E-state index contributed by atoms with van der Waals surface area (Å²) < 4.78 is 6.64. The lowest BCUT2D eigenvalue weighted by Gasteiger charge is -1.99. The summed E-state index contributed by atoms with van der Waals surface area (Å²) in [6.45, 7) is 3.01. The molecule has 0 saturated carbocycles. The Balaban J connectivity index is 1.88. The number of hydrogen-bond acceptors (Lipinski definition) is 5. The monoisotopic (exact) mass is 250 g/mol. The highest BCUT2D eigenvalue weighted by Gasteiger charge is 2.10. The number of aromatic nitrogens is 3. The lowest BCUT2D eigenvalue weighted by atomic mass is 10.2. The van der Waals surface area contributed by atoms with Gasteiger partial charge in [0.05, 0.1) is 12.2 Å². The molecule has 2 aromatic heterocycles. The Hall–Kier alpha value is -2.15. The molecule has 0 saturated heterocycles. The molecule has 0 aliphatic heterocycles. The van der Waals surface area contributed by atoms with E-state index in [2.05, 4.69) is 15.6 Å². The number of aromatic carboxylic acids is 1. The molecule has 96 valence electrons. The van der Waals surface area contributed by atoms with Crippen LogP contribution in [0.15, 0.2) is 16.8 Å². The van der Waals surface area contributed by atoms with Crippen molar-refractivity contribution in [2.24, 2.45) is 7.05 Å². The van der Waals surface area contributed by atoms with E-state index in [0.29, 0.717) is 18.8 Å². The molecule has 7 nitrogen and oxygen atoms in total. The lowest BCUT2D eigenvalue weighted by molar-refractivity contribution is 0.0685. The molecule has 0 aliphatic rings. The summed E-state index contributed by atoms with van der Waals surface area (Å²) in [5.41, 5.74) is 1.98. The second-order valence-corrected chi connectivity index (χ2v) is 4.00. The Labute approximate surface area is 103 Å². The van der Waals surface area contributed by atoms with Crippen molar-refractivity contribution >= 4 is 5.97 Å². The van der Waals surface area contributed by atoms with Crippen LogP contribution in [0, 0.1) is 6.92 Å². The maximum Gasteiger partial charge on any atom is 0.358 e. The Morgan fingerprint density at radius 2 is 2.33 bits per heavy atom. The molecule has 0 spiro atoms. The van der Waals surface area contributed by atoms with E-state index in [4.69, 9.17) is 9.63 Å². The van der Waals surface area contributed by atoms with E-state index in [-0.39, 0.29) is 5.69 Å². The fraction of sp³-hybridized carbons (Fsp3) is 0.364. The Kier molecular flexibility index (Phi) is 3.42. The minimum absolute atomic E-state index is 0.0793. The van der Waals surface area contributed by atoms with Crippen LogP contribution in [-0.2, 0) is 20.1 Å². The summed E-state index contributed by atoms with van der Waals surface area (Å²) in [6.07, 6.45) is 1.94. The van der Waals surface area contributed by atoms with Gasteiger partial charge in [-0.2, -0.15) is 5.10 Å². The molecule has 0 fully saturated rings. The minimum atomic E-state index is -1.09. The Morgan fingerprint density at radius 3 is 2.89 bits per heavy atom. The second kappa shape index (κ2) is 5.01. The summed E-state index contributed by atoms with van der Waals surface area (Å²) in [5, 5.41) is 19.5. The summed E-state index contributed by atoms with van der Waals surface area (Å²) in [6, 6.07) is 1.41. The van der Waals surface area contributed by atoms with Crippen LogP contribution in [0.4, 0.5) is 0 Å². The first-order valence-corrected chi connectivity index (χ1v) is 5.45. The van der Waals surface area contributed by atoms with Crippen LogP contribution in [-0.4, -0.2) is 26.0 Å². The van der Waals surface area contributed by atoms with Gasteiger partial charge in [-0.25, -0.2) is 4.79 Å². The molecular weight excluding hydrogens is 236 g/mol. The first kappa shape index (κ1) is 12.3. The molecule has 7 heteroatoms. The van der Waals surface area contributed by atoms with Gasteiger partial charge in [0.15, 0.2) is 11.5 Å². The average Bonchev–Trinajstić information content (AvgIpc) is 2.87. The third-order valence-electron chi connectivity index (χ3n) is 2.51. The first-order chi connectivity index (χ1) is 8.56. The van der Waals surface area contributed by atoms with E-state index in [1.807, 2.05) is 20.2 Å². The van der Waals surface area contributed by atoms with E-state index in [1.165, 1.54) is 6.07 Å². The van der Waals surface area contributed by atoms with Gasteiger partial charge in [-0.1, -0.05) is 5.16 Å². The zero-order valence-electron chi connectivity index (χ0n) is 10.2. The number of rotatable bonds is 5. The van der Waals surface area contributed by atoms with Gasteiger partial charge in [-0.3, -0.25) is 4.68 Å². The van der Waals surface area contributed by atoms with Crippen LogP contribution in [0.5, 0.6) is 0 Å². The van der Waals surface area contributed by atoms with E-state index < -0.39 is 5.97 Å². The summed E-state index contributed by atoms with van der Waals surface area (Å²) in [7, 11) is 1.87. The van der Waals surface area contributed by atoms with E-state index >= 15 is 0 Å². The van der Waals surface area contributed by atoms with Crippen LogP contribution in [0.25, 0.3) is 0 Å². The Morgan fingerprint density at radius 1 is 1.56 bits per heavy atom. The van der Waals surface area contributed by atoms with E-state index in [1.54, 1.807) is 4.68 Å². The van der Waals surface area contributed by atoms with Gasteiger partial charge < -0.3 is 14.9 Å². The number of aryl methyl sites for hydroxylation is 2. The average molecular weight is 250 g/mol. The highest BCUT2D eigenvalue weighted by molar-refractivity contribution is 5.85. The summed E-state index contributed by atoms with van der Waals surface area (Å²) in [4.78, 5) is 10.6.